The van der Waals surface area contributed by atoms with Gasteiger partial charge in [0.15, 0.2) is 0 Å². The van der Waals surface area contributed by atoms with Crippen LogP contribution in [-0.4, -0.2) is 26.2 Å². The summed E-state index contributed by atoms with van der Waals surface area (Å²) in [4.78, 5) is 0. The molecule has 0 bridgehead atoms. The molecule has 0 radical (unpaired) electrons. The zero-order valence-corrected chi connectivity index (χ0v) is 11.1. The molecule has 2 heteroatoms. The summed E-state index contributed by atoms with van der Waals surface area (Å²) >= 11 is 0. The number of piperidine rings is 2. The Morgan fingerprint density at radius 2 is 1.61 bits per heavy atom. The van der Waals surface area contributed by atoms with Crippen LogP contribution < -0.4 is 10.6 Å². The van der Waals surface area contributed by atoms with E-state index in [1.165, 1.54) is 45.3 Å². The molecule has 98 valence electrons. The highest BCUT2D eigenvalue weighted by atomic mass is 14.9. The molecule has 2 nitrogen and oxygen atoms in total. The molecule has 18 heavy (non-hydrogen) atoms. The van der Waals surface area contributed by atoms with Crippen molar-refractivity contribution in [2.45, 2.75) is 37.5 Å². The summed E-state index contributed by atoms with van der Waals surface area (Å²) in [6.07, 6.45) is 5.27. The smallest absolute Gasteiger partial charge is 0.00201 e. The third kappa shape index (κ3) is 2.76. The molecule has 0 aliphatic carbocycles. The van der Waals surface area contributed by atoms with Crippen molar-refractivity contribution in [2.24, 2.45) is 0 Å². The van der Waals surface area contributed by atoms with Gasteiger partial charge in [0, 0.05) is 6.54 Å². The lowest BCUT2D eigenvalue weighted by atomic mass is 9.85. The predicted molar refractivity (Wildman–Crippen MR) is 76.1 cm³/mol. The summed E-state index contributed by atoms with van der Waals surface area (Å²) in [7, 11) is 0. The van der Waals surface area contributed by atoms with E-state index in [2.05, 4.69) is 34.9 Å². The highest BCUT2D eigenvalue weighted by Gasteiger charge is 2.18. The van der Waals surface area contributed by atoms with Crippen molar-refractivity contribution in [1.29, 1.82) is 0 Å². The number of nitrogens with one attached hydrogen (secondary N) is 2. The summed E-state index contributed by atoms with van der Waals surface area (Å²) in [5.41, 5.74) is 3.12. The zero-order chi connectivity index (χ0) is 12.2. The normalized spacial score (nSPS) is 26.1. The second-order valence-corrected chi connectivity index (χ2v) is 5.74. The first-order valence-corrected chi connectivity index (χ1v) is 7.45. The fourth-order valence-electron chi connectivity index (χ4n) is 3.36. The van der Waals surface area contributed by atoms with Gasteiger partial charge in [-0.2, -0.15) is 0 Å². The molecule has 2 aliphatic rings. The van der Waals surface area contributed by atoms with Crippen LogP contribution in [-0.2, 0) is 0 Å². The van der Waals surface area contributed by atoms with Crippen LogP contribution in [0.3, 0.4) is 0 Å². The van der Waals surface area contributed by atoms with Crippen LogP contribution in [0.5, 0.6) is 0 Å². The Kier molecular flexibility index (Phi) is 3.96. The second-order valence-electron chi connectivity index (χ2n) is 5.74. The fraction of sp³-hybridized carbons (Fsp3) is 0.625. The average Bonchev–Trinajstić information content (AvgIpc) is 2.49. The van der Waals surface area contributed by atoms with Crippen molar-refractivity contribution < 1.29 is 0 Å². The Labute approximate surface area is 110 Å². The maximum atomic E-state index is 3.52. The van der Waals surface area contributed by atoms with Gasteiger partial charge in [0.2, 0.25) is 0 Å². The van der Waals surface area contributed by atoms with Gasteiger partial charge in [-0.25, -0.2) is 0 Å². The van der Waals surface area contributed by atoms with Gasteiger partial charge in [-0.15, -0.1) is 0 Å². The third-order valence-corrected chi connectivity index (χ3v) is 4.49. The van der Waals surface area contributed by atoms with E-state index in [-0.39, 0.29) is 0 Å². The third-order valence-electron chi connectivity index (χ3n) is 4.49. The number of hydrogen-bond acceptors (Lipinski definition) is 2. The first kappa shape index (κ1) is 12.2. The van der Waals surface area contributed by atoms with E-state index in [1.807, 2.05) is 0 Å². The van der Waals surface area contributed by atoms with E-state index in [4.69, 9.17) is 0 Å². The molecule has 1 atom stereocenters. The van der Waals surface area contributed by atoms with Gasteiger partial charge in [0.25, 0.3) is 0 Å². The molecule has 2 saturated heterocycles. The minimum atomic E-state index is 0.736. The van der Waals surface area contributed by atoms with Crippen LogP contribution in [0.4, 0.5) is 0 Å². The topological polar surface area (TPSA) is 24.1 Å². The Morgan fingerprint density at radius 3 is 2.33 bits per heavy atom. The number of hydrogen-bond donors (Lipinski definition) is 2. The Balaban J connectivity index is 1.75. The maximum Gasteiger partial charge on any atom is 0.00201 e. The van der Waals surface area contributed by atoms with E-state index in [1.54, 1.807) is 11.1 Å². The first-order valence-electron chi connectivity index (χ1n) is 7.45. The summed E-state index contributed by atoms with van der Waals surface area (Å²) in [5, 5.41) is 6.97. The lowest BCUT2D eigenvalue weighted by Gasteiger charge is -2.26. The van der Waals surface area contributed by atoms with Gasteiger partial charge in [-0.1, -0.05) is 24.3 Å². The molecule has 1 aromatic rings. The first-order chi connectivity index (χ1) is 8.93. The number of rotatable bonds is 2. The molecular weight excluding hydrogens is 220 g/mol. The second kappa shape index (κ2) is 5.85. The van der Waals surface area contributed by atoms with E-state index in [0.29, 0.717) is 0 Å². The van der Waals surface area contributed by atoms with Gasteiger partial charge >= 0.3 is 0 Å². The summed E-state index contributed by atoms with van der Waals surface area (Å²) < 4.78 is 0. The molecule has 2 fully saturated rings. The molecule has 0 saturated carbocycles. The Bertz CT molecular complexity index is 343. The standard InChI is InChI=1S/C16H24N2/c1-3-14(13-6-9-17-10-7-13)11-15(4-1)16-5-2-8-18-12-16/h1,3-4,11,13,16-18H,2,5-10,12H2. The molecule has 2 N–H and O–H groups in total. The minimum absolute atomic E-state index is 0.736. The maximum absolute atomic E-state index is 3.52. The van der Waals surface area contributed by atoms with E-state index < -0.39 is 0 Å². The molecule has 1 aromatic carbocycles. The van der Waals surface area contributed by atoms with Gasteiger partial charge in [-0.05, 0) is 68.3 Å². The van der Waals surface area contributed by atoms with Crippen molar-refractivity contribution in [1.82, 2.24) is 10.6 Å². The molecule has 0 spiro atoms. The molecule has 0 aromatic heterocycles. The van der Waals surface area contributed by atoms with E-state index in [0.717, 1.165) is 18.4 Å². The summed E-state index contributed by atoms with van der Waals surface area (Å²) in [6, 6.07) is 9.40. The lowest BCUT2D eigenvalue weighted by molar-refractivity contribution is 0.453. The van der Waals surface area contributed by atoms with Gasteiger partial charge in [-0.3, -0.25) is 0 Å². The van der Waals surface area contributed by atoms with Crippen LogP contribution in [0.2, 0.25) is 0 Å². The van der Waals surface area contributed by atoms with Crippen molar-refractivity contribution in [3.63, 3.8) is 0 Å². The number of benzene rings is 1. The summed E-state index contributed by atoms with van der Waals surface area (Å²) in [5.74, 6) is 1.52. The van der Waals surface area contributed by atoms with Crippen LogP contribution in [0.15, 0.2) is 24.3 Å². The molecule has 1 unspecified atom stereocenters. The van der Waals surface area contributed by atoms with E-state index >= 15 is 0 Å². The van der Waals surface area contributed by atoms with Gasteiger partial charge in [0.1, 0.15) is 0 Å². The minimum Gasteiger partial charge on any atom is -0.317 e. The lowest BCUT2D eigenvalue weighted by Crippen LogP contribution is -2.29. The molecule has 2 heterocycles. The zero-order valence-electron chi connectivity index (χ0n) is 11.1. The SMILES string of the molecule is c1cc(C2CCNCC2)cc(C2CCCNC2)c1. The van der Waals surface area contributed by atoms with Gasteiger partial charge in [0.05, 0.1) is 0 Å². The highest BCUT2D eigenvalue weighted by Crippen LogP contribution is 2.29. The van der Waals surface area contributed by atoms with Crippen LogP contribution in [0.25, 0.3) is 0 Å². The average molecular weight is 244 g/mol. The Hall–Kier alpha value is -0.860. The molecule has 0 amide bonds. The van der Waals surface area contributed by atoms with Crippen molar-refractivity contribution in [3.8, 4) is 0 Å². The molecule has 2 aliphatic heterocycles. The van der Waals surface area contributed by atoms with Crippen molar-refractivity contribution in [3.05, 3.63) is 35.4 Å². The molecule has 3 rings (SSSR count). The fourth-order valence-corrected chi connectivity index (χ4v) is 3.36. The van der Waals surface area contributed by atoms with Crippen molar-refractivity contribution in [2.75, 3.05) is 26.2 Å². The van der Waals surface area contributed by atoms with Crippen LogP contribution in [0.1, 0.15) is 48.6 Å². The largest absolute Gasteiger partial charge is 0.317 e. The van der Waals surface area contributed by atoms with Crippen LogP contribution in [0, 0.1) is 0 Å². The molecular formula is C16H24N2. The van der Waals surface area contributed by atoms with Gasteiger partial charge < -0.3 is 10.6 Å². The van der Waals surface area contributed by atoms with Crippen LogP contribution >= 0.6 is 0 Å². The summed E-state index contributed by atoms with van der Waals surface area (Å²) in [6.45, 7) is 4.72. The van der Waals surface area contributed by atoms with Crippen molar-refractivity contribution >= 4 is 0 Å². The predicted octanol–water partition coefficient (Wildman–Crippen LogP) is 2.62. The monoisotopic (exact) mass is 244 g/mol. The quantitative estimate of drug-likeness (QED) is 0.835. The highest BCUT2D eigenvalue weighted by molar-refractivity contribution is 5.29. The Morgan fingerprint density at radius 1 is 0.833 bits per heavy atom. The van der Waals surface area contributed by atoms with E-state index in [9.17, 15) is 0 Å².